The number of benzene rings is 2. The van der Waals surface area contributed by atoms with Crippen LogP contribution in [0.1, 0.15) is 52.0 Å². The first kappa shape index (κ1) is 29.2. The topological polar surface area (TPSA) is 159 Å². The van der Waals surface area contributed by atoms with Gasteiger partial charge in [0.25, 0.3) is 11.8 Å². The minimum atomic E-state index is -1.16. The molecule has 39 heavy (non-hydrogen) atoms. The Bertz CT molecular complexity index is 1320. The number of methoxy groups -OCH3 is 3. The summed E-state index contributed by atoms with van der Waals surface area (Å²) in [6.07, 6.45) is 0.741. The molecule has 0 aliphatic rings. The number of rotatable bonds is 12. The number of carbonyl (C=O) groups excluding carboxylic acids is 3. The van der Waals surface area contributed by atoms with E-state index >= 15 is 0 Å². The lowest BCUT2D eigenvalue weighted by Gasteiger charge is -2.31. The van der Waals surface area contributed by atoms with Crippen LogP contribution in [-0.2, 0) is 4.79 Å². The highest BCUT2D eigenvalue weighted by molar-refractivity contribution is 7.09. The molecule has 3 aromatic rings. The Morgan fingerprint density at radius 2 is 1.67 bits per heavy atom. The monoisotopic (exact) mass is 555 g/mol. The number of nitrogens with zero attached hydrogens (tertiary/aromatic N) is 2. The largest absolute Gasteiger partial charge is 0.497 e. The Kier molecular flexibility index (Phi) is 9.72. The van der Waals surface area contributed by atoms with Gasteiger partial charge in [-0.1, -0.05) is 19.9 Å². The first-order chi connectivity index (χ1) is 18.6. The number of hydrogen-bond donors (Lipinski definition) is 3. The molecular formula is C27H33N5O6S. The molecule has 0 bridgehead atoms. The van der Waals surface area contributed by atoms with Crippen molar-refractivity contribution in [3.05, 3.63) is 58.6 Å². The van der Waals surface area contributed by atoms with Crippen LogP contribution in [0, 0.1) is 5.92 Å². The van der Waals surface area contributed by atoms with Crippen LogP contribution >= 0.6 is 11.5 Å². The predicted molar refractivity (Wildman–Crippen MR) is 150 cm³/mol. The number of ether oxygens (including phenoxy) is 3. The average Bonchev–Trinajstić information content (AvgIpc) is 3.32. The number of anilines is 2. The molecule has 12 heteroatoms. The van der Waals surface area contributed by atoms with Crippen LogP contribution in [0.4, 0.5) is 11.4 Å². The number of hydrogen-bond acceptors (Lipinski definition) is 9. The van der Waals surface area contributed by atoms with E-state index in [2.05, 4.69) is 9.69 Å². The maximum atomic E-state index is 14.1. The molecule has 0 aliphatic carbocycles. The molecule has 0 unspecified atom stereocenters. The fourth-order valence-electron chi connectivity index (χ4n) is 3.89. The Morgan fingerprint density at radius 3 is 2.21 bits per heavy atom. The molecule has 11 nitrogen and oxygen atoms in total. The third-order valence-corrected chi connectivity index (χ3v) is 6.83. The van der Waals surface area contributed by atoms with Crippen LogP contribution in [0.2, 0.25) is 0 Å². The molecule has 0 fully saturated rings. The average molecular weight is 556 g/mol. The number of nitrogen functional groups attached to an aromatic ring is 1. The fourth-order valence-corrected chi connectivity index (χ4v) is 4.63. The summed E-state index contributed by atoms with van der Waals surface area (Å²) >= 11 is 0.735. The molecule has 0 aliphatic heterocycles. The van der Waals surface area contributed by atoms with Crippen LogP contribution in [0.3, 0.4) is 0 Å². The summed E-state index contributed by atoms with van der Waals surface area (Å²) in [4.78, 5) is 41.0. The molecule has 2 aromatic carbocycles. The van der Waals surface area contributed by atoms with E-state index in [4.69, 9.17) is 25.7 Å². The number of primary amides is 1. The van der Waals surface area contributed by atoms with E-state index in [0.29, 0.717) is 41.0 Å². The van der Waals surface area contributed by atoms with E-state index in [9.17, 15) is 14.4 Å². The molecule has 3 amide bonds. The normalized spacial score (nSPS) is 11.5. The van der Waals surface area contributed by atoms with Crippen molar-refractivity contribution in [1.29, 1.82) is 0 Å². The third-order valence-electron chi connectivity index (χ3n) is 5.98. The van der Waals surface area contributed by atoms with Crippen molar-refractivity contribution in [3.63, 3.8) is 0 Å². The quantitative estimate of drug-likeness (QED) is 0.307. The zero-order valence-electron chi connectivity index (χ0n) is 22.5. The molecule has 5 N–H and O–H groups in total. The summed E-state index contributed by atoms with van der Waals surface area (Å²) in [6, 6.07) is 10.5. The molecule has 1 heterocycles. The van der Waals surface area contributed by atoms with Gasteiger partial charge in [0.1, 0.15) is 16.7 Å². The van der Waals surface area contributed by atoms with Gasteiger partial charge in [-0.15, -0.1) is 0 Å². The summed E-state index contributed by atoms with van der Waals surface area (Å²) in [6.45, 7) is 4.50. The summed E-state index contributed by atoms with van der Waals surface area (Å²) < 4.78 is 20.1. The van der Waals surface area contributed by atoms with E-state index in [1.165, 1.54) is 26.2 Å². The van der Waals surface area contributed by atoms with Crippen molar-refractivity contribution in [1.82, 2.24) is 9.69 Å². The fraction of sp³-hybridized carbons (Fsp3) is 0.333. The van der Waals surface area contributed by atoms with Crippen LogP contribution < -0.4 is 35.9 Å². The molecule has 1 aromatic heterocycles. The molecule has 3 rings (SSSR count). The summed E-state index contributed by atoms with van der Waals surface area (Å²) in [5.74, 6) is -0.170. The highest BCUT2D eigenvalue weighted by atomic mass is 32.1. The van der Waals surface area contributed by atoms with Gasteiger partial charge in [-0.3, -0.25) is 19.3 Å². The first-order valence-electron chi connectivity index (χ1n) is 12.1. The lowest BCUT2D eigenvalue weighted by Crippen LogP contribution is -2.44. The van der Waals surface area contributed by atoms with Crippen LogP contribution in [0.15, 0.2) is 42.5 Å². The Morgan fingerprint density at radius 1 is 1.00 bits per heavy atom. The summed E-state index contributed by atoms with van der Waals surface area (Å²) in [7, 11) is 4.51. The van der Waals surface area contributed by atoms with Crippen LogP contribution in [-0.4, -0.2) is 50.0 Å². The zero-order chi connectivity index (χ0) is 28.7. The van der Waals surface area contributed by atoms with Crippen LogP contribution in [0.5, 0.6) is 17.2 Å². The minimum Gasteiger partial charge on any atom is -0.497 e. The minimum absolute atomic E-state index is 0.0277. The van der Waals surface area contributed by atoms with Gasteiger partial charge < -0.3 is 31.0 Å². The Hall–Kier alpha value is -4.32. The molecule has 0 saturated carbocycles. The van der Waals surface area contributed by atoms with E-state index in [0.717, 1.165) is 18.0 Å². The number of amides is 3. The second-order valence-corrected chi connectivity index (χ2v) is 9.78. The summed E-state index contributed by atoms with van der Waals surface area (Å²) in [5.41, 5.74) is 12.0. The van der Waals surface area contributed by atoms with E-state index in [1.54, 1.807) is 42.5 Å². The Labute approximate surface area is 231 Å². The van der Waals surface area contributed by atoms with Crippen molar-refractivity contribution in [2.45, 2.75) is 26.3 Å². The number of carbonyl (C=O) groups is 3. The van der Waals surface area contributed by atoms with Crippen LogP contribution in [0.25, 0.3) is 0 Å². The van der Waals surface area contributed by atoms with Gasteiger partial charge in [0.15, 0.2) is 17.2 Å². The van der Waals surface area contributed by atoms with E-state index < -0.39 is 23.8 Å². The standard InChI is InChI=1S/C27H33N5O6S/c1-15(2)12-13-30-26(34)23(16-6-11-19(37-4)20(14-16)38-5)32(17-7-9-18(36-3)10-8-17)27(35)24-21(28)22(25(29)33)31-39-24/h6-11,14-15,23H,12-13,28H2,1-5H3,(H2,29,33)(H,30,34)/t23-/m0/s1. The lowest BCUT2D eigenvalue weighted by atomic mass is 10.0. The van der Waals surface area contributed by atoms with Crippen molar-refractivity contribution in [2.75, 3.05) is 38.5 Å². The number of aromatic nitrogens is 1. The maximum Gasteiger partial charge on any atom is 0.273 e. The summed E-state index contributed by atoms with van der Waals surface area (Å²) in [5, 5.41) is 2.95. The second-order valence-electron chi connectivity index (χ2n) is 9.00. The van der Waals surface area contributed by atoms with Crippen molar-refractivity contribution in [2.24, 2.45) is 11.7 Å². The molecule has 0 radical (unpaired) electrons. The third kappa shape index (κ3) is 6.58. The van der Waals surface area contributed by atoms with Crippen molar-refractivity contribution in [3.8, 4) is 17.2 Å². The second kappa shape index (κ2) is 13.0. The van der Waals surface area contributed by atoms with Gasteiger partial charge in [-0.2, -0.15) is 4.37 Å². The molecule has 1 atom stereocenters. The maximum absolute atomic E-state index is 14.1. The predicted octanol–water partition coefficient (Wildman–Crippen LogP) is 3.40. The van der Waals surface area contributed by atoms with Gasteiger partial charge in [0, 0.05) is 12.2 Å². The Balaban J connectivity index is 2.22. The van der Waals surface area contributed by atoms with Gasteiger partial charge in [-0.05, 0) is 65.8 Å². The van der Waals surface area contributed by atoms with E-state index in [-0.39, 0.29) is 16.3 Å². The van der Waals surface area contributed by atoms with Gasteiger partial charge in [0.2, 0.25) is 5.91 Å². The first-order valence-corrected chi connectivity index (χ1v) is 12.9. The van der Waals surface area contributed by atoms with Gasteiger partial charge in [0.05, 0.1) is 27.0 Å². The van der Waals surface area contributed by atoms with Crippen molar-refractivity contribution >= 4 is 40.6 Å². The highest BCUT2D eigenvalue weighted by Crippen LogP contribution is 2.37. The molecular weight excluding hydrogens is 522 g/mol. The van der Waals surface area contributed by atoms with Gasteiger partial charge in [-0.25, -0.2) is 0 Å². The number of nitrogens with two attached hydrogens (primary N) is 2. The molecule has 0 spiro atoms. The molecule has 208 valence electrons. The van der Waals surface area contributed by atoms with Crippen molar-refractivity contribution < 1.29 is 28.6 Å². The van der Waals surface area contributed by atoms with E-state index in [1.807, 2.05) is 13.8 Å². The lowest BCUT2D eigenvalue weighted by molar-refractivity contribution is -0.122. The highest BCUT2D eigenvalue weighted by Gasteiger charge is 2.36. The smallest absolute Gasteiger partial charge is 0.273 e. The molecule has 0 saturated heterocycles. The zero-order valence-corrected chi connectivity index (χ0v) is 23.3. The SMILES string of the molecule is COc1ccc(N(C(=O)c2snc(C(N)=O)c2N)[C@H](C(=O)NCCC(C)C)c2ccc(OC)c(OC)c2)cc1. The van der Waals surface area contributed by atoms with Gasteiger partial charge >= 0.3 is 0 Å². The number of nitrogens with one attached hydrogen (secondary N) is 1.